The Morgan fingerprint density at radius 3 is 2.24 bits per heavy atom. The van der Waals surface area contributed by atoms with E-state index in [-0.39, 0.29) is 11.0 Å². The maximum Gasteiger partial charge on any atom is 0.0494 e. The van der Waals surface area contributed by atoms with Gasteiger partial charge in [-0.25, -0.2) is 0 Å². The summed E-state index contributed by atoms with van der Waals surface area (Å²) in [5.41, 5.74) is 5.65. The SMILES string of the molecule is Cc1c(SNCC2CCOCC2)cc(-c2ccc(SNC(C)(C)C)c(C(C)(C)C)c2)n1CC1CCCCC1. The van der Waals surface area contributed by atoms with Crippen molar-refractivity contribution in [2.45, 2.75) is 121 Å². The summed E-state index contributed by atoms with van der Waals surface area (Å²) in [5.74, 6) is 1.51. The first kappa shape index (κ1) is 30.0. The Hall–Kier alpha value is -0.920. The molecule has 1 saturated heterocycles. The number of hydrogen-bond donors (Lipinski definition) is 2. The average molecular weight is 558 g/mol. The summed E-state index contributed by atoms with van der Waals surface area (Å²) in [6, 6.07) is 9.59. The highest BCUT2D eigenvalue weighted by Crippen LogP contribution is 2.39. The Labute approximate surface area is 241 Å². The molecule has 4 nitrogen and oxygen atoms in total. The minimum atomic E-state index is 0.0636. The second-order valence-electron chi connectivity index (χ2n) is 13.5. The van der Waals surface area contributed by atoms with Crippen molar-refractivity contribution in [1.82, 2.24) is 14.0 Å². The number of hydrogen-bond acceptors (Lipinski definition) is 5. The molecule has 1 aromatic carbocycles. The summed E-state index contributed by atoms with van der Waals surface area (Å²) in [6.07, 6.45) is 9.24. The molecule has 2 N–H and O–H groups in total. The van der Waals surface area contributed by atoms with Crippen LogP contribution < -0.4 is 9.44 Å². The Morgan fingerprint density at radius 1 is 0.868 bits per heavy atom. The average Bonchev–Trinajstić information content (AvgIpc) is 3.18. The van der Waals surface area contributed by atoms with Crippen molar-refractivity contribution >= 4 is 23.9 Å². The van der Waals surface area contributed by atoms with Crippen LogP contribution in [-0.2, 0) is 16.7 Å². The number of rotatable bonds is 9. The van der Waals surface area contributed by atoms with Gasteiger partial charge in [0.1, 0.15) is 0 Å². The van der Waals surface area contributed by atoms with Gasteiger partial charge in [0.15, 0.2) is 0 Å². The highest BCUT2D eigenvalue weighted by molar-refractivity contribution is 7.97. The van der Waals surface area contributed by atoms with Crippen molar-refractivity contribution in [2.24, 2.45) is 11.8 Å². The number of nitrogens with one attached hydrogen (secondary N) is 2. The Bertz CT molecular complexity index is 1040. The van der Waals surface area contributed by atoms with Gasteiger partial charge < -0.3 is 9.30 Å². The zero-order valence-electron chi connectivity index (χ0n) is 24.9. The van der Waals surface area contributed by atoms with Gasteiger partial charge in [-0.05, 0) is 124 Å². The molecule has 0 radical (unpaired) electrons. The zero-order chi connectivity index (χ0) is 27.3. The Morgan fingerprint density at radius 2 is 1.58 bits per heavy atom. The van der Waals surface area contributed by atoms with Crippen LogP contribution in [0.2, 0.25) is 0 Å². The molecule has 2 fully saturated rings. The first-order valence-electron chi connectivity index (χ1n) is 14.8. The van der Waals surface area contributed by atoms with Crippen molar-refractivity contribution in [3.05, 3.63) is 35.5 Å². The van der Waals surface area contributed by atoms with Gasteiger partial charge in [0.2, 0.25) is 0 Å². The molecule has 0 bridgehead atoms. The second-order valence-corrected chi connectivity index (χ2v) is 15.3. The largest absolute Gasteiger partial charge is 0.381 e. The van der Waals surface area contributed by atoms with E-state index in [4.69, 9.17) is 4.74 Å². The Balaban J connectivity index is 1.63. The topological polar surface area (TPSA) is 38.2 Å². The number of aromatic nitrogens is 1. The highest BCUT2D eigenvalue weighted by Gasteiger charge is 2.24. The predicted octanol–water partition coefficient (Wildman–Crippen LogP) is 8.76. The lowest BCUT2D eigenvalue weighted by molar-refractivity contribution is 0.0680. The third-order valence-electron chi connectivity index (χ3n) is 7.93. The van der Waals surface area contributed by atoms with E-state index in [0.717, 1.165) is 38.1 Å². The third kappa shape index (κ3) is 8.30. The van der Waals surface area contributed by atoms with Crippen LogP contribution in [0.5, 0.6) is 0 Å². The zero-order valence-corrected chi connectivity index (χ0v) is 26.5. The standard InChI is InChI=1S/C32H51N3OS2/c1-23-30(37-33-21-24-15-17-36-18-16-24)20-28(35(23)22-25-11-9-8-10-12-25)26-13-14-29(38-34-32(5,6)7)27(19-26)31(2,3)4/h13-14,19-20,24-25,33-34H,8-12,15-18,21-22H2,1-7H3. The van der Waals surface area contributed by atoms with Crippen molar-refractivity contribution in [1.29, 1.82) is 0 Å². The van der Waals surface area contributed by atoms with Crippen molar-refractivity contribution < 1.29 is 4.74 Å². The van der Waals surface area contributed by atoms with Crippen LogP contribution in [0, 0.1) is 18.8 Å². The van der Waals surface area contributed by atoms with E-state index in [2.05, 4.69) is 86.7 Å². The van der Waals surface area contributed by atoms with Crippen molar-refractivity contribution in [3.8, 4) is 11.3 Å². The van der Waals surface area contributed by atoms with Crippen molar-refractivity contribution in [2.75, 3.05) is 19.8 Å². The molecule has 2 aromatic rings. The molecule has 0 spiro atoms. The molecule has 1 aromatic heterocycles. The van der Waals surface area contributed by atoms with E-state index >= 15 is 0 Å². The molecule has 38 heavy (non-hydrogen) atoms. The molecule has 6 heteroatoms. The van der Waals surface area contributed by atoms with Crippen LogP contribution in [0.4, 0.5) is 0 Å². The summed E-state index contributed by atoms with van der Waals surface area (Å²) < 4.78 is 15.5. The van der Waals surface area contributed by atoms with E-state index in [1.807, 2.05) is 11.9 Å². The number of ether oxygens (including phenoxy) is 1. The van der Waals surface area contributed by atoms with Gasteiger partial charge in [0.25, 0.3) is 0 Å². The molecule has 212 valence electrons. The minimum absolute atomic E-state index is 0.0636. The third-order valence-corrected chi connectivity index (χ3v) is 10.2. The van der Waals surface area contributed by atoms with E-state index < -0.39 is 0 Å². The minimum Gasteiger partial charge on any atom is -0.381 e. The summed E-state index contributed by atoms with van der Waals surface area (Å²) in [6.45, 7) is 20.0. The highest BCUT2D eigenvalue weighted by atomic mass is 32.2. The maximum absolute atomic E-state index is 5.55. The van der Waals surface area contributed by atoms with Gasteiger partial charge in [-0.15, -0.1) is 0 Å². The number of nitrogens with zero attached hydrogens (tertiary/aromatic N) is 1. The van der Waals surface area contributed by atoms with Gasteiger partial charge in [0, 0.05) is 53.0 Å². The summed E-state index contributed by atoms with van der Waals surface area (Å²) >= 11 is 3.60. The van der Waals surface area contributed by atoms with Gasteiger partial charge in [-0.1, -0.05) is 46.1 Å². The molecule has 4 rings (SSSR count). The van der Waals surface area contributed by atoms with E-state index in [9.17, 15) is 0 Å². The van der Waals surface area contributed by atoms with Crippen molar-refractivity contribution in [3.63, 3.8) is 0 Å². The van der Waals surface area contributed by atoms with Crippen LogP contribution >= 0.6 is 23.9 Å². The lowest BCUT2D eigenvalue weighted by Gasteiger charge is -2.27. The maximum atomic E-state index is 5.55. The first-order chi connectivity index (χ1) is 18.0. The predicted molar refractivity (Wildman–Crippen MR) is 166 cm³/mol. The summed E-state index contributed by atoms with van der Waals surface area (Å²) in [5, 5.41) is 0. The molecular formula is C32H51N3OS2. The molecule has 1 saturated carbocycles. The normalized spacial score (nSPS) is 18.3. The molecule has 1 aliphatic heterocycles. The molecule has 2 aliphatic rings. The molecule has 0 atom stereocenters. The van der Waals surface area contributed by atoms with Crippen LogP contribution in [0.25, 0.3) is 11.3 Å². The van der Waals surface area contributed by atoms with E-state index in [1.165, 1.54) is 77.3 Å². The lowest BCUT2D eigenvalue weighted by Crippen LogP contribution is -2.30. The molecule has 2 heterocycles. The van der Waals surface area contributed by atoms with E-state index in [1.54, 1.807) is 11.9 Å². The van der Waals surface area contributed by atoms with Gasteiger partial charge in [-0.2, -0.15) is 0 Å². The van der Waals surface area contributed by atoms with Crippen LogP contribution in [0.3, 0.4) is 0 Å². The molecular weight excluding hydrogens is 507 g/mol. The summed E-state index contributed by atoms with van der Waals surface area (Å²) in [7, 11) is 0. The van der Waals surface area contributed by atoms with Crippen LogP contribution in [-0.4, -0.2) is 29.9 Å². The van der Waals surface area contributed by atoms with Gasteiger partial charge >= 0.3 is 0 Å². The number of benzene rings is 1. The Kier molecular flexibility index (Phi) is 10.4. The fourth-order valence-corrected chi connectivity index (χ4v) is 7.52. The lowest BCUT2D eigenvalue weighted by atomic mass is 9.85. The fourth-order valence-electron chi connectivity index (χ4n) is 5.59. The smallest absolute Gasteiger partial charge is 0.0494 e. The first-order valence-corrected chi connectivity index (χ1v) is 16.4. The quantitative estimate of drug-likeness (QED) is 0.302. The van der Waals surface area contributed by atoms with Gasteiger partial charge in [0.05, 0.1) is 0 Å². The fraction of sp³-hybridized carbons (Fsp3) is 0.688. The van der Waals surface area contributed by atoms with Crippen LogP contribution in [0.1, 0.15) is 97.7 Å². The molecule has 0 unspecified atom stereocenters. The van der Waals surface area contributed by atoms with Gasteiger partial charge in [-0.3, -0.25) is 9.44 Å². The van der Waals surface area contributed by atoms with E-state index in [0.29, 0.717) is 0 Å². The molecule has 1 aliphatic carbocycles. The monoisotopic (exact) mass is 557 g/mol. The summed E-state index contributed by atoms with van der Waals surface area (Å²) in [4.78, 5) is 2.69. The van der Waals surface area contributed by atoms with Crippen LogP contribution in [0.15, 0.2) is 34.1 Å². The second kappa shape index (κ2) is 13.2. The molecule has 0 amide bonds.